The Morgan fingerprint density at radius 3 is 2.66 bits per heavy atom. The summed E-state index contributed by atoms with van der Waals surface area (Å²) in [4.78, 5) is 16.6. The molecule has 0 aliphatic heterocycles. The van der Waals surface area contributed by atoms with Gasteiger partial charge in [0, 0.05) is 24.2 Å². The molecule has 2 heterocycles. The molecule has 3 aromatic rings. The summed E-state index contributed by atoms with van der Waals surface area (Å²) < 4.78 is 39.0. The molecule has 0 aliphatic carbocycles. The van der Waals surface area contributed by atoms with Gasteiger partial charge in [0.25, 0.3) is 0 Å². The summed E-state index contributed by atoms with van der Waals surface area (Å²) in [5.41, 5.74) is 1.45. The Hall–Kier alpha value is -2.76. The minimum atomic E-state index is -3.87. The highest BCUT2D eigenvalue weighted by atomic mass is 32.2. The van der Waals surface area contributed by atoms with Gasteiger partial charge in [-0.2, -0.15) is 9.82 Å². The van der Waals surface area contributed by atoms with E-state index in [0.29, 0.717) is 11.4 Å². The highest BCUT2D eigenvalue weighted by molar-refractivity contribution is 7.89. The zero-order valence-corrected chi connectivity index (χ0v) is 17.7. The average molecular weight is 437 g/mol. The van der Waals surface area contributed by atoms with Crippen molar-refractivity contribution in [2.45, 2.75) is 24.5 Å². The Labute approximate surface area is 172 Å². The van der Waals surface area contributed by atoms with Crippen LogP contribution in [0.2, 0.25) is 0 Å². The molecule has 9 nitrogen and oxygen atoms in total. The van der Waals surface area contributed by atoms with Crippen molar-refractivity contribution in [2.24, 2.45) is 7.05 Å². The van der Waals surface area contributed by atoms with Crippen molar-refractivity contribution in [3.63, 3.8) is 0 Å². The van der Waals surface area contributed by atoms with Gasteiger partial charge in [0.15, 0.2) is 0 Å². The van der Waals surface area contributed by atoms with Crippen molar-refractivity contribution >= 4 is 27.3 Å². The predicted octanol–water partition coefficient (Wildman–Crippen LogP) is 1.96. The number of benzene rings is 1. The van der Waals surface area contributed by atoms with Gasteiger partial charge in [-0.15, -0.1) is 11.3 Å². The predicted molar refractivity (Wildman–Crippen MR) is 107 cm³/mol. The Morgan fingerprint density at radius 2 is 2.03 bits per heavy atom. The molecule has 0 aliphatic rings. The smallest absolute Gasteiger partial charge is 0.324 e. The van der Waals surface area contributed by atoms with Gasteiger partial charge in [-0.05, 0) is 31.2 Å². The van der Waals surface area contributed by atoms with Gasteiger partial charge >= 0.3 is 5.97 Å². The molecule has 0 fully saturated rings. The van der Waals surface area contributed by atoms with Crippen LogP contribution in [-0.4, -0.2) is 42.3 Å². The summed E-state index contributed by atoms with van der Waals surface area (Å²) in [6.45, 7) is 1.37. The van der Waals surface area contributed by atoms with Gasteiger partial charge in [0.1, 0.15) is 23.4 Å². The number of carbonyl (C=O) groups excluding carboxylic acids is 1. The summed E-state index contributed by atoms with van der Waals surface area (Å²) in [5, 5.41) is 6.64. The van der Waals surface area contributed by atoms with Crippen molar-refractivity contribution in [3.8, 4) is 16.3 Å². The molecule has 0 unspecified atom stereocenters. The molecule has 1 atom stereocenters. The van der Waals surface area contributed by atoms with E-state index in [9.17, 15) is 13.2 Å². The molecule has 0 amide bonds. The third-order valence-electron chi connectivity index (χ3n) is 3.92. The van der Waals surface area contributed by atoms with Gasteiger partial charge in [0.2, 0.25) is 10.0 Å². The number of aryl methyl sites for hydroxylation is 1. The van der Waals surface area contributed by atoms with Crippen LogP contribution in [0.3, 0.4) is 0 Å². The van der Waals surface area contributed by atoms with Gasteiger partial charge in [0.05, 0.1) is 23.9 Å². The molecule has 11 heteroatoms. The third-order valence-corrected chi connectivity index (χ3v) is 6.42. The number of ether oxygens (including phenoxy) is 2. The van der Waals surface area contributed by atoms with Crippen molar-refractivity contribution < 1.29 is 22.7 Å². The molecule has 2 aromatic heterocycles. The lowest BCUT2D eigenvalue weighted by Gasteiger charge is -2.13. The van der Waals surface area contributed by atoms with Crippen LogP contribution in [0.15, 0.2) is 46.9 Å². The molecule has 0 bridgehead atoms. The molecular formula is C18H20N4O5S2. The normalized spacial score (nSPS) is 12.5. The summed E-state index contributed by atoms with van der Waals surface area (Å²) in [7, 11) is -0.570. The van der Waals surface area contributed by atoms with Gasteiger partial charge < -0.3 is 9.47 Å². The molecule has 3 rings (SSSR count). The van der Waals surface area contributed by atoms with E-state index in [4.69, 9.17) is 9.47 Å². The van der Waals surface area contributed by atoms with Crippen LogP contribution in [0.1, 0.15) is 12.6 Å². The second-order valence-electron chi connectivity index (χ2n) is 6.17. The first-order chi connectivity index (χ1) is 13.8. The number of aromatic nitrogens is 3. The van der Waals surface area contributed by atoms with E-state index in [1.54, 1.807) is 16.3 Å². The first-order valence-corrected chi connectivity index (χ1v) is 10.9. The molecule has 0 saturated carbocycles. The molecule has 29 heavy (non-hydrogen) atoms. The lowest BCUT2D eigenvalue weighted by Crippen LogP contribution is -2.39. The Bertz CT molecular complexity index is 1090. The highest BCUT2D eigenvalue weighted by Crippen LogP contribution is 2.23. The third kappa shape index (κ3) is 5.19. The summed E-state index contributed by atoms with van der Waals surface area (Å²) in [5.74, 6) is -0.164. The van der Waals surface area contributed by atoms with E-state index in [2.05, 4.69) is 14.8 Å². The van der Waals surface area contributed by atoms with Crippen molar-refractivity contribution in [1.29, 1.82) is 0 Å². The van der Waals surface area contributed by atoms with E-state index >= 15 is 0 Å². The van der Waals surface area contributed by atoms with E-state index in [-0.39, 0.29) is 11.5 Å². The van der Waals surface area contributed by atoms with Gasteiger partial charge in [-0.1, -0.05) is 0 Å². The average Bonchev–Trinajstić information content (AvgIpc) is 3.34. The fourth-order valence-electron chi connectivity index (χ4n) is 2.41. The summed E-state index contributed by atoms with van der Waals surface area (Å²) in [6, 6.07) is 4.79. The van der Waals surface area contributed by atoms with E-state index in [0.717, 1.165) is 10.6 Å². The number of hydrogen-bond acceptors (Lipinski definition) is 8. The number of nitrogens with one attached hydrogen (secondary N) is 1. The Kier molecular flexibility index (Phi) is 6.30. The first kappa shape index (κ1) is 21.0. The van der Waals surface area contributed by atoms with Crippen LogP contribution in [0.5, 0.6) is 5.75 Å². The molecule has 0 spiro atoms. The number of sulfonamides is 1. The number of nitrogens with zero attached hydrogens (tertiary/aromatic N) is 3. The number of thiazole rings is 1. The van der Waals surface area contributed by atoms with Crippen LogP contribution in [0.25, 0.3) is 10.6 Å². The number of carbonyl (C=O) groups is 1. The monoisotopic (exact) mass is 436 g/mol. The lowest BCUT2D eigenvalue weighted by atomic mass is 10.3. The fourth-order valence-corrected chi connectivity index (χ4v) is 4.38. The van der Waals surface area contributed by atoms with E-state index in [1.807, 2.05) is 13.2 Å². The van der Waals surface area contributed by atoms with Crippen LogP contribution in [0, 0.1) is 0 Å². The number of rotatable bonds is 8. The van der Waals surface area contributed by atoms with Gasteiger partial charge in [-0.3, -0.25) is 9.48 Å². The second kappa shape index (κ2) is 8.72. The van der Waals surface area contributed by atoms with Crippen LogP contribution in [0.4, 0.5) is 0 Å². The molecule has 1 N–H and O–H groups in total. The number of hydrogen-bond donors (Lipinski definition) is 1. The summed E-state index contributed by atoms with van der Waals surface area (Å²) in [6.07, 6.45) is 3.54. The second-order valence-corrected chi connectivity index (χ2v) is 8.74. The highest BCUT2D eigenvalue weighted by Gasteiger charge is 2.23. The molecular weight excluding hydrogens is 416 g/mol. The van der Waals surface area contributed by atoms with Crippen molar-refractivity contribution in [2.75, 3.05) is 7.11 Å². The minimum Gasteiger partial charge on any atom is -0.497 e. The van der Waals surface area contributed by atoms with Crippen molar-refractivity contribution in [1.82, 2.24) is 19.5 Å². The first-order valence-electron chi connectivity index (χ1n) is 8.55. The van der Waals surface area contributed by atoms with E-state index in [1.165, 1.54) is 49.6 Å². The van der Waals surface area contributed by atoms with Crippen LogP contribution >= 0.6 is 11.3 Å². The SMILES string of the molecule is COc1ccc(S(=O)(=O)N[C@@H](C)C(=O)OCc2csc(-c3cnn(C)c3)n2)cc1. The lowest BCUT2D eigenvalue weighted by molar-refractivity contribution is -0.146. The molecule has 0 saturated heterocycles. The van der Waals surface area contributed by atoms with Crippen molar-refractivity contribution in [3.05, 3.63) is 47.7 Å². The van der Waals surface area contributed by atoms with E-state index < -0.39 is 22.0 Å². The minimum absolute atomic E-state index is 0.0264. The Morgan fingerprint density at radius 1 is 1.31 bits per heavy atom. The maximum absolute atomic E-state index is 12.4. The zero-order valence-electron chi connectivity index (χ0n) is 16.0. The maximum Gasteiger partial charge on any atom is 0.324 e. The number of methoxy groups -OCH3 is 1. The summed E-state index contributed by atoms with van der Waals surface area (Å²) >= 11 is 1.41. The molecule has 0 radical (unpaired) electrons. The zero-order chi connectivity index (χ0) is 21.0. The molecule has 1 aromatic carbocycles. The Balaban J connectivity index is 1.57. The van der Waals surface area contributed by atoms with Crippen LogP contribution < -0.4 is 9.46 Å². The van der Waals surface area contributed by atoms with Gasteiger partial charge in [-0.25, -0.2) is 13.4 Å². The standard InChI is InChI=1S/C18H20N4O5S2/c1-12(21-29(24,25)16-6-4-15(26-3)5-7-16)18(23)27-10-14-11-28-17(20-14)13-8-19-22(2)9-13/h4-9,11-12,21H,10H2,1-3H3/t12-/m0/s1. The molecule has 154 valence electrons. The maximum atomic E-state index is 12.4. The number of esters is 1. The van der Waals surface area contributed by atoms with Crippen LogP contribution in [-0.2, 0) is 33.2 Å². The largest absolute Gasteiger partial charge is 0.497 e. The fraction of sp³-hybridized carbons (Fsp3) is 0.278. The topological polar surface area (TPSA) is 112 Å². The quantitative estimate of drug-likeness (QED) is 0.537.